The Morgan fingerprint density at radius 3 is 1.66 bits per heavy atom. The standard InChI is InChI=1S/C55H40N4/c1-3-15-37(16-4-1)38-29-31-42(32-30-38)54-56-53(41-20-5-2-6-21-41)57-55(58-54)44-23-13-24-45(35-44)59-50-28-12-11-26-48(50)49-34-33-43(36-51(49)59)47-27-14-22-40-19-8-7-17-39-18-9-10-25-46(39)52(40)47/h1-6,9-16,18,20-36H,7-8,17,19H2. The average molecular weight is 757 g/mol. The highest BCUT2D eigenvalue weighted by atomic mass is 15.0. The lowest BCUT2D eigenvalue weighted by Crippen LogP contribution is -2.02. The molecule has 0 radical (unpaired) electrons. The Balaban J connectivity index is 1.06. The molecule has 8 aromatic carbocycles. The van der Waals surface area contributed by atoms with E-state index < -0.39 is 0 Å². The van der Waals surface area contributed by atoms with Crippen molar-refractivity contribution in [1.29, 1.82) is 0 Å². The van der Waals surface area contributed by atoms with Gasteiger partial charge < -0.3 is 4.57 Å². The van der Waals surface area contributed by atoms with Crippen LogP contribution in [0.1, 0.15) is 24.0 Å². The Morgan fingerprint density at radius 2 is 0.864 bits per heavy atom. The number of rotatable bonds is 6. The zero-order chi connectivity index (χ0) is 39.1. The van der Waals surface area contributed by atoms with Gasteiger partial charge in [-0.05, 0) is 94.5 Å². The largest absolute Gasteiger partial charge is 0.309 e. The Kier molecular flexibility index (Phi) is 8.74. The summed E-state index contributed by atoms with van der Waals surface area (Å²) in [5, 5.41) is 2.45. The summed E-state index contributed by atoms with van der Waals surface area (Å²) >= 11 is 0. The zero-order valence-electron chi connectivity index (χ0n) is 32.6. The normalized spacial score (nSPS) is 12.5. The second-order valence-electron chi connectivity index (χ2n) is 15.5. The van der Waals surface area contributed by atoms with E-state index in [0.29, 0.717) is 17.5 Å². The molecular formula is C55H40N4. The van der Waals surface area contributed by atoms with E-state index in [1.165, 1.54) is 62.6 Å². The van der Waals surface area contributed by atoms with E-state index in [-0.39, 0.29) is 0 Å². The van der Waals surface area contributed by atoms with Crippen molar-refractivity contribution in [3.8, 4) is 73.2 Å². The van der Waals surface area contributed by atoms with Gasteiger partial charge in [0.05, 0.1) is 11.0 Å². The van der Waals surface area contributed by atoms with Crippen LogP contribution in [0.3, 0.4) is 0 Å². The van der Waals surface area contributed by atoms with E-state index in [1.807, 2.05) is 24.3 Å². The maximum atomic E-state index is 5.14. The van der Waals surface area contributed by atoms with E-state index in [4.69, 9.17) is 15.0 Å². The summed E-state index contributed by atoms with van der Waals surface area (Å²) in [4.78, 5) is 15.3. The van der Waals surface area contributed by atoms with Gasteiger partial charge in [0.25, 0.3) is 0 Å². The van der Waals surface area contributed by atoms with Gasteiger partial charge in [-0.25, -0.2) is 15.0 Å². The summed E-state index contributed by atoms with van der Waals surface area (Å²) in [5.41, 5.74) is 16.6. The van der Waals surface area contributed by atoms with Crippen LogP contribution in [0.5, 0.6) is 0 Å². The number of hydrogen-bond donors (Lipinski definition) is 0. The van der Waals surface area contributed by atoms with Crippen LogP contribution in [0.15, 0.2) is 194 Å². The lowest BCUT2D eigenvalue weighted by atomic mass is 9.83. The summed E-state index contributed by atoms with van der Waals surface area (Å²) in [6.45, 7) is 0. The van der Waals surface area contributed by atoms with Crippen molar-refractivity contribution in [2.75, 3.05) is 0 Å². The summed E-state index contributed by atoms with van der Waals surface area (Å²) in [6, 6.07) is 69.4. The van der Waals surface area contributed by atoms with Crippen LogP contribution < -0.4 is 0 Å². The molecule has 11 rings (SSSR count). The fraction of sp³-hybridized carbons (Fsp3) is 0.0727. The van der Waals surface area contributed by atoms with Gasteiger partial charge in [-0.2, -0.15) is 0 Å². The van der Waals surface area contributed by atoms with Gasteiger partial charge >= 0.3 is 0 Å². The highest BCUT2D eigenvalue weighted by molar-refractivity contribution is 6.10. The molecule has 2 heterocycles. The van der Waals surface area contributed by atoms with Gasteiger partial charge in [0.1, 0.15) is 0 Å². The van der Waals surface area contributed by atoms with Crippen LogP contribution in [0, 0.1) is 0 Å². The lowest BCUT2D eigenvalue weighted by molar-refractivity contribution is 0.729. The van der Waals surface area contributed by atoms with Crippen molar-refractivity contribution in [3.05, 3.63) is 205 Å². The van der Waals surface area contributed by atoms with E-state index in [2.05, 4.69) is 174 Å². The molecule has 280 valence electrons. The second kappa shape index (κ2) is 14.8. The Labute approximate surface area is 344 Å². The zero-order valence-corrected chi connectivity index (χ0v) is 32.6. The molecular weight excluding hydrogens is 717 g/mol. The smallest absolute Gasteiger partial charge is 0.164 e. The highest BCUT2D eigenvalue weighted by Crippen LogP contribution is 2.42. The molecule has 0 unspecified atom stereocenters. The predicted molar refractivity (Wildman–Crippen MR) is 243 cm³/mol. The fourth-order valence-electron chi connectivity index (χ4n) is 8.97. The van der Waals surface area contributed by atoms with E-state index in [1.54, 1.807) is 0 Å². The maximum absolute atomic E-state index is 5.14. The monoisotopic (exact) mass is 756 g/mol. The maximum Gasteiger partial charge on any atom is 0.164 e. The number of para-hydroxylation sites is 1. The van der Waals surface area contributed by atoms with Gasteiger partial charge in [-0.1, -0.05) is 170 Å². The first-order valence-electron chi connectivity index (χ1n) is 20.6. The summed E-state index contributed by atoms with van der Waals surface area (Å²) in [6.07, 6.45) is 4.62. The molecule has 0 saturated heterocycles. The highest BCUT2D eigenvalue weighted by Gasteiger charge is 2.20. The van der Waals surface area contributed by atoms with Crippen LogP contribution in [0.4, 0.5) is 0 Å². The Hall–Kier alpha value is -7.43. The summed E-state index contributed by atoms with van der Waals surface area (Å²) < 4.78 is 2.40. The predicted octanol–water partition coefficient (Wildman–Crippen LogP) is 13.8. The number of nitrogens with zero attached hydrogens (tertiary/aromatic N) is 4. The molecule has 0 bridgehead atoms. The molecule has 4 nitrogen and oxygen atoms in total. The number of benzene rings is 8. The van der Waals surface area contributed by atoms with Gasteiger partial charge in [-0.3, -0.25) is 0 Å². The number of hydrogen-bond acceptors (Lipinski definition) is 3. The fourth-order valence-corrected chi connectivity index (χ4v) is 8.97. The molecule has 0 atom stereocenters. The molecule has 59 heavy (non-hydrogen) atoms. The van der Waals surface area contributed by atoms with Crippen LogP contribution in [0.25, 0.3) is 95.0 Å². The first-order valence-corrected chi connectivity index (χ1v) is 20.6. The quantitative estimate of drug-likeness (QED) is 0.170. The van der Waals surface area contributed by atoms with Gasteiger partial charge in [0.2, 0.25) is 0 Å². The van der Waals surface area contributed by atoms with Crippen LogP contribution in [0.2, 0.25) is 0 Å². The van der Waals surface area contributed by atoms with Crippen molar-refractivity contribution >= 4 is 21.8 Å². The van der Waals surface area contributed by atoms with Crippen molar-refractivity contribution in [2.24, 2.45) is 0 Å². The number of fused-ring (bicyclic) bond motifs is 6. The molecule has 0 spiro atoms. The molecule has 2 aromatic heterocycles. The molecule has 0 aliphatic heterocycles. The van der Waals surface area contributed by atoms with E-state index >= 15 is 0 Å². The summed E-state index contributed by atoms with van der Waals surface area (Å²) in [7, 11) is 0. The second-order valence-corrected chi connectivity index (χ2v) is 15.5. The average Bonchev–Trinajstić information content (AvgIpc) is 3.64. The van der Waals surface area contributed by atoms with Crippen molar-refractivity contribution in [3.63, 3.8) is 0 Å². The van der Waals surface area contributed by atoms with Crippen molar-refractivity contribution in [2.45, 2.75) is 25.7 Å². The minimum atomic E-state index is 0.630. The molecule has 10 aromatic rings. The van der Waals surface area contributed by atoms with Crippen LogP contribution in [-0.2, 0) is 12.8 Å². The van der Waals surface area contributed by atoms with Crippen molar-refractivity contribution < 1.29 is 0 Å². The third-order valence-corrected chi connectivity index (χ3v) is 11.8. The molecule has 0 saturated carbocycles. The topological polar surface area (TPSA) is 43.6 Å². The summed E-state index contributed by atoms with van der Waals surface area (Å²) in [5.74, 6) is 1.91. The lowest BCUT2D eigenvalue weighted by Gasteiger charge is -2.21. The van der Waals surface area contributed by atoms with Gasteiger partial charge in [-0.15, -0.1) is 0 Å². The minimum absolute atomic E-state index is 0.630. The Bertz CT molecular complexity index is 3150. The molecule has 4 heteroatoms. The van der Waals surface area contributed by atoms with Crippen LogP contribution in [-0.4, -0.2) is 19.5 Å². The van der Waals surface area contributed by atoms with Gasteiger partial charge in [0, 0.05) is 33.2 Å². The molecule has 0 amide bonds. The van der Waals surface area contributed by atoms with Gasteiger partial charge in [0.15, 0.2) is 17.5 Å². The molecule has 1 aliphatic carbocycles. The Morgan fingerprint density at radius 1 is 0.339 bits per heavy atom. The first kappa shape index (κ1) is 34.8. The van der Waals surface area contributed by atoms with E-state index in [9.17, 15) is 0 Å². The number of aryl methyl sites for hydroxylation is 2. The van der Waals surface area contributed by atoms with Crippen LogP contribution >= 0.6 is 0 Å². The number of aromatic nitrogens is 4. The minimum Gasteiger partial charge on any atom is -0.309 e. The molecule has 0 fully saturated rings. The van der Waals surface area contributed by atoms with E-state index in [0.717, 1.165) is 51.8 Å². The molecule has 0 N–H and O–H groups in total. The third kappa shape index (κ3) is 6.40. The SMILES string of the molecule is c1ccc(-c2ccc(-c3nc(-c4ccccc4)nc(-c4cccc(-n5c6ccccc6c6ccc(-c7cccc8c7-c7ccccc7CCCC8)cc65)c4)n3)cc2)cc1. The molecule has 1 aliphatic rings. The first-order chi connectivity index (χ1) is 29.2. The van der Waals surface area contributed by atoms with Crippen molar-refractivity contribution in [1.82, 2.24) is 19.5 Å². The third-order valence-electron chi connectivity index (χ3n) is 11.8.